The van der Waals surface area contributed by atoms with E-state index in [1.165, 1.54) is 37.7 Å². The molecule has 1 N–H and O–H groups in total. The van der Waals surface area contributed by atoms with Gasteiger partial charge in [-0.15, -0.1) is 0 Å². The van der Waals surface area contributed by atoms with Crippen LogP contribution in [-0.4, -0.2) is 19.8 Å². The fraction of sp³-hybridized carbons (Fsp3) is 0.667. The van der Waals surface area contributed by atoms with Gasteiger partial charge in [-0.25, -0.2) is 0 Å². The van der Waals surface area contributed by atoms with E-state index in [4.69, 9.17) is 9.47 Å². The first-order valence-electron chi connectivity index (χ1n) is 8.22. The Morgan fingerprint density at radius 1 is 1.14 bits per heavy atom. The molecule has 1 fully saturated rings. The molecule has 3 heteroatoms. The molecule has 0 saturated heterocycles. The third kappa shape index (κ3) is 5.24. The van der Waals surface area contributed by atoms with Crippen LogP contribution in [0.2, 0.25) is 0 Å². The summed E-state index contributed by atoms with van der Waals surface area (Å²) in [5, 5.41) is 3.42. The molecule has 0 amide bonds. The lowest BCUT2D eigenvalue weighted by Gasteiger charge is -2.22. The number of hydrogen-bond acceptors (Lipinski definition) is 3. The molecule has 1 aliphatic rings. The highest BCUT2D eigenvalue weighted by molar-refractivity contribution is 5.43. The molecule has 0 spiro atoms. The predicted molar refractivity (Wildman–Crippen MR) is 87.0 cm³/mol. The molecule has 1 aliphatic carbocycles. The Hall–Kier alpha value is -1.22. The average molecular weight is 291 g/mol. The number of ether oxygens (including phenoxy) is 2. The monoisotopic (exact) mass is 291 g/mol. The van der Waals surface area contributed by atoms with Crippen molar-refractivity contribution >= 4 is 0 Å². The summed E-state index contributed by atoms with van der Waals surface area (Å²) in [5.41, 5.74) is 1.23. The lowest BCUT2D eigenvalue weighted by Crippen LogP contribution is -2.21. The molecule has 118 valence electrons. The Morgan fingerprint density at radius 2 is 1.90 bits per heavy atom. The number of methoxy groups -OCH3 is 1. The minimum Gasteiger partial charge on any atom is -0.493 e. The van der Waals surface area contributed by atoms with Crippen LogP contribution in [0, 0.1) is 5.92 Å². The summed E-state index contributed by atoms with van der Waals surface area (Å²) in [7, 11) is 1.71. The van der Waals surface area contributed by atoms with Gasteiger partial charge in [-0.3, -0.25) is 0 Å². The Balaban J connectivity index is 1.92. The highest BCUT2D eigenvalue weighted by Crippen LogP contribution is 2.30. The number of rotatable bonds is 7. The maximum absolute atomic E-state index is 6.00. The average Bonchev–Trinajstić information content (AvgIpc) is 2.52. The van der Waals surface area contributed by atoms with E-state index in [-0.39, 0.29) is 0 Å². The molecule has 2 rings (SSSR count). The molecular weight excluding hydrogens is 262 g/mol. The van der Waals surface area contributed by atoms with Crippen LogP contribution in [0.1, 0.15) is 51.5 Å². The van der Waals surface area contributed by atoms with Crippen LogP contribution in [0.5, 0.6) is 11.5 Å². The fourth-order valence-electron chi connectivity index (χ4n) is 2.82. The zero-order valence-corrected chi connectivity index (χ0v) is 13.7. The second kappa shape index (κ2) is 8.28. The Labute approximate surface area is 129 Å². The van der Waals surface area contributed by atoms with E-state index in [1.54, 1.807) is 7.11 Å². The van der Waals surface area contributed by atoms with Gasteiger partial charge >= 0.3 is 0 Å². The van der Waals surface area contributed by atoms with Crippen LogP contribution in [0.3, 0.4) is 0 Å². The largest absolute Gasteiger partial charge is 0.493 e. The summed E-state index contributed by atoms with van der Waals surface area (Å²) in [6, 6.07) is 6.72. The van der Waals surface area contributed by atoms with Gasteiger partial charge in [0, 0.05) is 12.6 Å². The number of hydrogen-bond donors (Lipinski definition) is 1. The molecule has 0 unspecified atom stereocenters. The fourth-order valence-corrected chi connectivity index (χ4v) is 2.82. The van der Waals surface area contributed by atoms with E-state index in [0.29, 0.717) is 12.0 Å². The van der Waals surface area contributed by atoms with Gasteiger partial charge in [-0.1, -0.05) is 39.2 Å². The topological polar surface area (TPSA) is 30.5 Å². The van der Waals surface area contributed by atoms with Crippen LogP contribution < -0.4 is 14.8 Å². The summed E-state index contributed by atoms with van der Waals surface area (Å²) in [5.74, 6) is 2.43. The molecule has 0 heterocycles. The summed E-state index contributed by atoms with van der Waals surface area (Å²) in [4.78, 5) is 0. The van der Waals surface area contributed by atoms with Crippen molar-refractivity contribution in [2.24, 2.45) is 5.92 Å². The van der Waals surface area contributed by atoms with Crippen molar-refractivity contribution in [2.75, 3.05) is 13.7 Å². The first-order valence-corrected chi connectivity index (χ1v) is 8.22. The van der Waals surface area contributed by atoms with Crippen molar-refractivity contribution in [3.63, 3.8) is 0 Å². The molecule has 0 bridgehead atoms. The number of benzene rings is 1. The summed E-state index contributed by atoms with van der Waals surface area (Å²) in [6.07, 6.45) is 6.70. The molecule has 1 aromatic carbocycles. The minimum absolute atomic E-state index is 0.484. The highest BCUT2D eigenvalue weighted by atomic mass is 16.5. The molecule has 0 atom stereocenters. The molecule has 1 aromatic rings. The summed E-state index contributed by atoms with van der Waals surface area (Å²) in [6.45, 7) is 5.98. The smallest absolute Gasteiger partial charge is 0.161 e. The maximum atomic E-state index is 6.00. The third-order valence-corrected chi connectivity index (χ3v) is 4.14. The van der Waals surface area contributed by atoms with E-state index >= 15 is 0 Å². The molecule has 21 heavy (non-hydrogen) atoms. The van der Waals surface area contributed by atoms with Crippen molar-refractivity contribution in [1.82, 2.24) is 5.32 Å². The molecule has 0 aromatic heterocycles. The quantitative estimate of drug-likeness (QED) is 0.818. The van der Waals surface area contributed by atoms with Crippen LogP contribution in [-0.2, 0) is 6.54 Å². The van der Waals surface area contributed by atoms with Gasteiger partial charge in [0.2, 0.25) is 0 Å². The Kier molecular flexibility index (Phi) is 6.37. The van der Waals surface area contributed by atoms with Crippen molar-refractivity contribution in [2.45, 2.75) is 58.5 Å². The molecular formula is C18H29NO2. The highest BCUT2D eigenvalue weighted by Gasteiger charge is 2.15. The molecule has 0 aliphatic heterocycles. The summed E-state index contributed by atoms with van der Waals surface area (Å²) < 4.78 is 11.5. The normalized spacial score (nSPS) is 16.2. The Morgan fingerprint density at radius 3 is 2.57 bits per heavy atom. The second-order valence-electron chi connectivity index (χ2n) is 6.34. The SMILES string of the molecule is COc1cc(CNC(C)C)ccc1OCC1CCCCC1. The van der Waals surface area contributed by atoms with Gasteiger partial charge in [-0.2, -0.15) is 0 Å². The molecule has 0 radical (unpaired) electrons. The minimum atomic E-state index is 0.484. The molecule has 1 saturated carbocycles. The standard InChI is InChI=1S/C18H29NO2/c1-14(2)19-12-16-9-10-17(18(11-16)20-3)21-13-15-7-5-4-6-8-15/h9-11,14-15,19H,4-8,12-13H2,1-3H3. The van der Waals surface area contributed by atoms with Crippen molar-refractivity contribution in [3.05, 3.63) is 23.8 Å². The zero-order valence-electron chi connectivity index (χ0n) is 13.7. The predicted octanol–water partition coefficient (Wildman–Crippen LogP) is 4.15. The number of nitrogens with one attached hydrogen (secondary N) is 1. The van der Waals surface area contributed by atoms with Crippen LogP contribution >= 0.6 is 0 Å². The van der Waals surface area contributed by atoms with E-state index in [9.17, 15) is 0 Å². The van der Waals surface area contributed by atoms with Crippen LogP contribution in [0.4, 0.5) is 0 Å². The van der Waals surface area contributed by atoms with Crippen molar-refractivity contribution in [1.29, 1.82) is 0 Å². The van der Waals surface area contributed by atoms with Crippen LogP contribution in [0.25, 0.3) is 0 Å². The van der Waals surface area contributed by atoms with Crippen LogP contribution in [0.15, 0.2) is 18.2 Å². The van der Waals surface area contributed by atoms with Crippen molar-refractivity contribution in [3.8, 4) is 11.5 Å². The first-order chi connectivity index (χ1) is 10.2. The maximum Gasteiger partial charge on any atom is 0.161 e. The van der Waals surface area contributed by atoms with Gasteiger partial charge in [0.05, 0.1) is 13.7 Å². The van der Waals surface area contributed by atoms with E-state index in [0.717, 1.165) is 24.7 Å². The van der Waals surface area contributed by atoms with Gasteiger partial charge in [0.25, 0.3) is 0 Å². The first kappa shape index (κ1) is 16.2. The Bertz CT molecular complexity index is 425. The van der Waals surface area contributed by atoms with Gasteiger partial charge < -0.3 is 14.8 Å². The van der Waals surface area contributed by atoms with Gasteiger partial charge in [0.15, 0.2) is 11.5 Å². The third-order valence-electron chi connectivity index (χ3n) is 4.14. The lowest BCUT2D eigenvalue weighted by atomic mass is 9.90. The lowest BCUT2D eigenvalue weighted by molar-refractivity contribution is 0.202. The zero-order chi connectivity index (χ0) is 15.1. The van der Waals surface area contributed by atoms with Gasteiger partial charge in [0.1, 0.15) is 0 Å². The van der Waals surface area contributed by atoms with E-state index < -0.39 is 0 Å². The van der Waals surface area contributed by atoms with E-state index in [1.807, 2.05) is 6.07 Å². The van der Waals surface area contributed by atoms with Gasteiger partial charge in [-0.05, 0) is 36.5 Å². The second-order valence-corrected chi connectivity index (χ2v) is 6.34. The van der Waals surface area contributed by atoms with Crippen molar-refractivity contribution < 1.29 is 9.47 Å². The summed E-state index contributed by atoms with van der Waals surface area (Å²) >= 11 is 0. The molecule has 3 nitrogen and oxygen atoms in total. The van der Waals surface area contributed by atoms with E-state index in [2.05, 4.69) is 31.3 Å².